The third kappa shape index (κ3) is 4.67. The minimum absolute atomic E-state index is 0.00679. The van der Waals surface area contributed by atoms with Crippen LogP contribution in [0.1, 0.15) is 44.9 Å². The summed E-state index contributed by atoms with van der Waals surface area (Å²) in [7, 11) is 0. The quantitative estimate of drug-likeness (QED) is 0.552. The molecule has 6 rings (SSSR count). The van der Waals surface area contributed by atoms with Crippen molar-refractivity contribution in [2.45, 2.75) is 50.5 Å². The number of fused-ring (bicyclic) bond motifs is 1. The van der Waals surface area contributed by atoms with Gasteiger partial charge in [-0.1, -0.05) is 0 Å². The molecular formula is C23H31N3O5. The molecule has 3 amide bonds. The summed E-state index contributed by atoms with van der Waals surface area (Å²) in [5.41, 5.74) is -0.00679. The van der Waals surface area contributed by atoms with Crippen LogP contribution >= 0.6 is 0 Å². The van der Waals surface area contributed by atoms with Gasteiger partial charge >= 0.3 is 6.03 Å². The van der Waals surface area contributed by atoms with Crippen LogP contribution < -0.4 is 30.2 Å². The molecule has 4 bridgehead atoms. The topological polar surface area (TPSA) is 97.9 Å². The Labute approximate surface area is 182 Å². The summed E-state index contributed by atoms with van der Waals surface area (Å²) in [5, 5.41) is 8.94. The maximum absolute atomic E-state index is 12.4. The molecule has 8 heteroatoms. The molecule has 4 fully saturated rings. The molecule has 5 aliphatic rings. The lowest BCUT2D eigenvalue weighted by molar-refractivity contribution is -0.121. The molecule has 1 heterocycles. The fourth-order valence-electron chi connectivity index (χ4n) is 6.25. The molecular weight excluding hydrogens is 398 g/mol. The molecule has 0 aromatic heterocycles. The number of hydrogen-bond donors (Lipinski definition) is 3. The number of urea groups is 1. The van der Waals surface area contributed by atoms with E-state index in [9.17, 15) is 9.59 Å². The van der Waals surface area contributed by atoms with Gasteiger partial charge in [-0.25, -0.2) is 4.79 Å². The van der Waals surface area contributed by atoms with Crippen molar-refractivity contribution in [3.05, 3.63) is 18.2 Å². The van der Waals surface area contributed by atoms with Crippen molar-refractivity contribution in [1.29, 1.82) is 0 Å². The highest BCUT2D eigenvalue weighted by Gasteiger charge is 2.51. The average molecular weight is 430 g/mol. The van der Waals surface area contributed by atoms with Gasteiger partial charge < -0.3 is 30.2 Å². The summed E-state index contributed by atoms with van der Waals surface area (Å²) in [5.74, 6) is 4.30. The lowest BCUT2D eigenvalue weighted by Gasteiger charge is -2.56. The summed E-state index contributed by atoms with van der Waals surface area (Å²) in [6.45, 7) is 1.30. The number of carbonyl (C=O) groups excluding carboxylic acids is 2. The third-order valence-corrected chi connectivity index (χ3v) is 7.09. The molecule has 168 valence electrons. The Bertz CT molecular complexity index is 807. The van der Waals surface area contributed by atoms with Crippen LogP contribution in [0.3, 0.4) is 0 Å². The Morgan fingerprint density at radius 2 is 1.68 bits per heavy atom. The normalized spacial score (nSPS) is 29.5. The van der Waals surface area contributed by atoms with E-state index in [1.165, 1.54) is 19.3 Å². The predicted octanol–water partition coefficient (Wildman–Crippen LogP) is 2.57. The molecule has 1 aliphatic heterocycles. The molecule has 0 spiro atoms. The Balaban J connectivity index is 0.963. The summed E-state index contributed by atoms with van der Waals surface area (Å²) in [6.07, 6.45) is 7.66. The van der Waals surface area contributed by atoms with E-state index in [2.05, 4.69) is 16.0 Å². The highest BCUT2D eigenvalue weighted by Crippen LogP contribution is 2.55. The number of benzene rings is 1. The zero-order valence-corrected chi connectivity index (χ0v) is 17.8. The van der Waals surface area contributed by atoms with E-state index < -0.39 is 0 Å². The lowest BCUT2D eigenvalue weighted by Crippen LogP contribution is -2.61. The van der Waals surface area contributed by atoms with Gasteiger partial charge in [0.05, 0.1) is 6.54 Å². The van der Waals surface area contributed by atoms with Gasteiger partial charge in [-0.15, -0.1) is 0 Å². The average Bonchev–Trinajstić information content (AvgIpc) is 3.17. The van der Waals surface area contributed by atoms with E-state index in [1.54, 1.807) is 12.1 Å². The van der Waals surface area contributed by atoms with Crippen molar-refractivity contribution in [3.8, 4) is 17.2 Å². The Morgan fingerprint density at radius 3 is 2.42 bits per heavy atom. The molecule has 4 aliphatic carbocycles. The van der Waals surface area contributed by atoms with E-state index in [4.69, 9.17) is 14.2 Å². The number of rotatable bonds is 8. The second-order valence-corrected chi connectivity index (χ2v) is 9.54. The molecule has 1 aromatic carbocycles. The zero-order chi connectivity index (χ0) is 21.3. The number of nitrogens with one attached hydrogen (secondary N) is 3. The first-order chi connectivity index (χ1) is 15.1. The minimum Gasteiger partial charge on any atom is -0.492 e. The van der Waals surface area contributed by atoms with Crippen LogP contribution in [0.4, 0.5) is 4.79 Å². The van der Waals surface area contributed by atoms with Gasteiger partial charge in [-0.3, -0.25) is 4.79 Å². The Morgan fingerprint density at radius 1 is 0.968 bits per heavy atom. The molecule has 0 unspecified atom stereocenters. The van der Waals surface area contributed by atoms with Crippen molar-refractivity contribution < 1.29 is 23.8 Å². The van der Waals surface area contributed by atoms with E-state index >= 15 is 0 Å². The van der Waals surface area contributed by atoms with E-state index in [1.807, 2.05) is 6.07 Å². The standard InChI is InChI=1S/C23H31N3O5/c27-21(24-5-6-29-18-1-2-19-20(10-18)31-14-30-19)3-4-25-22(28)26-23-11-15-7-16(12-23)9-17(8-15)13-23/h1-2,10,15-17H,3-9,11-14H2,(H,24,27)(H2,25,26,28). The number of hydrogen-bond acceptors (Lipinski definition) is 5. The smallest absolute Gasteiger partial charge is 0.315 e. The molecule has 0 radical (unpaired) electrons. The van der Waals surface area contributed by atoms with Crippen LogP contribution in [0, 0.1) is 17.8 Å². The first-order valence-electron chi connectivity index (χ1n) is 11.4. The molecule has 1 aromatic rings. The fourth-order valence-corrected chi connectivity index (χ4v) is 6.25. The Kier molecular flexibility index (Phi) is 5.54. The van der Waals surface area contributed by atoms with Crippen LogP contribution in [0.2, 0.25) is 0 Å². The van der Waals surface area contributed by atoms with Gasteiger partial charge in [0.1, 0.15) is 12.4 Å². The molecule has 8 nitrogen and oxygen atoms in total. The van der Waals surface area contributed by atoms with Gasteiger partial charge in [0.25, 0.3) is 0 Å². The minimum atomic E-state index is -0.138. The lowest BCUT2D eigenvalue weighted by atomic mass is 9.53. The number of ether oxygens (including phenoxy) is 3. The highest BCUT2D eigenvalue weighted by atomic mass is 16.7. The van der Waals surface area contributed by atoms with Crippen LogP contribution in [0.25, 0.3) is 0 Å². The van der Waals surface area contributed by atoms with Crippen molar-refractivity contribution in [2.24, 2.45) is 17.8 Å². The number of amides is 3. The fraction of sp³-hybridized carbons (Fsp3) is 0.652. The van der Waals surface area contributed by atoms with E-state index in [-0.39, 0.29) is 30.7 Å². The van der Waals surface area contributed by atoms with Crippen LogP contribution in [0.5, 0.6) is 17.2 Å². The van der Waals surface area contributed by atoms with Gasteiger partial charge in [0.15, 0.2) is 11.5 Å². The second kappa shape index (κ2) is 8.48. The SMILES string of the molecule is O=C(CCNC(=O)NC12CC3CC(CC(C3)C1)C2)NCCOc1ccc2c(c1)OCO2. The Hall–Kier alpha value is -2.64. The van der Waals surface area contributed by atoms with E-state index in [0.717, 1.165) is 37.0 Å². The van der Waals surface area contributed by atoms with Gasteiger partial charge in [0, 0.05) is 24.6 Å². The molecule has 0 atom stereocenters. The molecule has 31 heavy (non-hydrogen) atoms. The van der Waals surface area contributed by atoms with Crippen LogP contribution in [-0.2, 0) is 4.79 Å². The summed E-state index contributed by atoms with van der Waals surface area (Å²) < 4.78 is 16.2. The van der Waals surface area contributed by atoms with Crippen molar-refractivity contribution in [2.75, 3.05) is 26.5 Å². The second-order valence-electron chi connectivity index (χ2n) is 9.54. The van der Waals surface area contributed by atoms with Crippen molar-refractivity contribution in [1.82, 2.24) is 16.0 Å². The maximum Gasteiger partial charge on any atom is 0.315 e. The third-order valence-electron chi connectivity index (χ3n) is 7.09. The zero-order valence-electron chi connectivity index (χ0n) is 17.8. The largest absolute Gasteiger partial charge is 0.492 e. The highest BCUT2D eigenvalue weighted by molar-refractivity contribution is 5.78. The molecule has 3 N–H and O–H groups in total. The predicted molar refractivity (Wildman–Crippen MR) is 113 cm³/mol. The summed E-state index contributed by atoms with van der Waals surface area (Å²) in [4.78, 5) is 24.4. The first kappa shape index (κ1) is 20.3. The van der Waals surface area contributed by atoms with Crippen LogP contribution in [-0.4, -0.2) is 44.0 Å². The van der Waals surface area contributed by atoms with Crippen molar-refractivity contribution >= 4 is 11.9 Å². The first-order valence-corrected chi connectivity index (χ1v) is 11.4. The van der Waals surface area contributed by atoms with Gasteiger partial charge in [0.2, 0.25) is 12.7 Å². The monoisotopic (exact) mass is 429 g/mol. The molecule has 4 saturated carbocycles. The van der Waals surface area contributed by atoms with Crippen LogP contribution in [0.15, 0.2) is 18.2 Å². The summed E-state index contributed by atoms with van der Waals surface area (Å²) >= 11 is 0. The van der Waals surface area contributed by atoms with Gasteiger partial charge in [-0.05, 0) is 68.4 Å². The van der Waals surface area contributed by atoms with Crippen molar-refractivity contribution in [3.63, 3.8) is 0 Å². The summed E-state index contributed by atoms with van der Waals surface area (Å²) in [6, 6.07) is 5.25. The van der Waals surface area contributed by atoms with E-state index in [0.29, 0.717) is 36.9 Å². The van der Waals surface area contributed by atoms with Gasteiger partial charge in [-0.2, -0.15) is 0 Å². The molecule has 0 saturated heterocycles. The number of carbonyl (C=O) groups is 2. The maximum atomic E-state index is 12.4.